The summed E-state index contributed by atoms with van der Waals surface area (Å²) in [6.07, 6.45) is 0. The van der Waals surface area contributed by atoms with E-state index in [0.29, 0.717) is 11.6 Å². The highest BCUT2D eigenvalue weighted by molar-refractivity contribution is 9.10. The molecule has 0 fully saturated rings. The molecule has 0 aliphatic carbocycles. The molecule has 1 aromatic rings. The highest BCUT2D eigenvalue weighted by Gasteiger charge is 2.11. The molecule has 1 aromatic carbocycles. The van der Waals surface area contributed by atoms with Crippen LogP contribution in [0.1, 0.15) is 13.8 Å². The first kappa shape index (κ1) is 11.8. The summed E-state index contributed by atoms with van der Waals surface area (Å²) < 4.78 is 0.920. The maximum absolute atomic E-state index is 9.51. The van der Waals surface area contributed by atoms with Gasteiger partial charge in [-0.1, -0.05) is 27.5 Å². The minimum Gasteiger partial charge on any atom is -0.389 e. The molecule has 0 saturated carbocycles. The Kier molecular flexibility index (Phi) is 3.81. The molecule has 0 spiro atoms. The van der Waals surface area contributed by atoms with Crippen molar-refractivity contribution >= 4 is 33.2 Å². The number of nitrogens with one attached hydrogen (secondary N) is 1. The minimum absolute atomic E-state index is 0.486. The average Bonchev–Trinajstić information content (AvgIpc) is 1.97. The monoisotopic (exact) mass is 277 g/mol. The summed E-state index contributed by atoms with van der Waals surface area (Å²) >= 11 is 9.21. The third kappa shape index (κ3) is 4.31. The maximum atomic E-state index is 9.51. The topological polar surface area (TPSA) is 32.3 Å². The van der Waals surface area contributed by atoms with Crippen molar-refractivity contribution in [3.63, 3.8) is 0 Å². The van der Waals surface area contributed by atoms with Crippen molar-refractivity contribution in [2.45, 2.75) is 19.4 Å². The van der Waals surface area contributed by atoms with Crippen LogP contribution >= 0.6 is 27.5 Å². The van der Waals surface area contributed by atoms with Crippen molar-refractivity contribution < 1.29 is 5.11 Å². The van der Waals surface area contributed by atoms with Gasteiger partial charge in [0.25, 0.3) is 0 Å². The zero-order valence-corrected chi connectivity index (χ0v) is 10.5. The zero-order valence-electron chi connectivity index (χ0n) is 8.14. The Labute approximate surface area is 97.4 Å². The number of aliphatic hydroxyl groups is 1. The summed E-state index contributed by atoms with van der Waals surface area (Å²) in [5.41, 5.74) is 0.168. The third-order valence-electron chi connectivity index (χ3n) is 1.59. The van der Waals surface area contributed by atoms with Crippen molar-refractivity contribution in [3.05, 3.63) is 27.7 Å². The van der Waals surface area contributed by atoms with Crippen LogP contribution in [0.4, 0.5) is 5.69 Å². The van der Waals surface area contributed by atoms with Gasteiger partial charge in [0.1, 0.15) is 0 Å². The number of halogens is 2. The first-order chi connectivity index (χ1) is 6.37. The van der Waals surface area contributed by atoms with Gasteiger partial charge in [-0.25, -0.2) is 0 Å². The molecule has 0 amide bonds. The second-order valence-corrected chi connectivity index (χ2v) is 5.18. The van der Waals surface area contributed by atoms with Gasteiger partial charge in [0.2, 0.25) is 0 Å². The Bertz CT molecular complexity index is 302. The molecular formula is C10H13BrClNO. The molecule has 2 N–H and O–H groups in total. The number of anilines is 1. The van der Waals surface area contributed by atoms with Crippen LogP contribution in [-0.2, 0) is 0 Å². The summed E-state index contributed by atoms with van der Waals surface area (Å²) in [6.45, 7) is 3.99. The highest BCUT2D eigenvalue weighted by atomic mass is 79.9. The first-order valence-corrected chi connectivity index (χ1v) is 5.46. The van der Waals surface area contributed by atoms with Gasteiger partial charge >= 0.3 is 0 Å². The van der Waals surface area contributed by atoms with E-state index in [1.807, 2.05) is 18.2 Å². The van der Waals surface area contributed by atoms with Crippen LogP contribution in [0.2, 0.25) is 5.02 Å². The van der Waals surface area contributed by atoms with Crippen molar-refractivity contribution in [2.24, 2.45) is 0 Å². The molecule has 4 heteroatoms. The van der Waals surface area contributed by atoms with E-state index in [1.54, 1.807) is 13.8 Å². The lowest BCUT2D eigenvalue weighted by Gasteiger charge is -2.18. The van der Waals surface area contributed by atoms with Gasteiger partial charge in [0, 0.05) is 21.7 Å². The van der Waals surface area contributed by atoms with Gasteiger partial charge in [-0.2, -0.15) is 0 Å². The van der Waals surface area contributed by atoms with Crippen LogP contribution in [0.3, 0.4) is 0 Å². The predicted molar refractivity (Wildman–Crippen MR) is 63.9 cm³/mol. The molecule has 0 heterocycles. The molecule has 0 aromatic heterocycles. The van der Waals surface area contributed by atoms with Crippen LogP contribution in [0.15, 0.2) is 22.7 Å². The van der Waals surface area contributed by atoms with Crippen molar-refractivity contribution in [3.8, 4) is 0 Å². The average molecular weight is 279 g/mol. The second-order valence-electron chi connectivity index (χ2n) is 3.82. The van der Waals surface area contributed by atoms with Crippen molar-refractivity contribution in [1.82, 2.24) is 0 Å². The Morgan fingerprint density at radius 2 is 2.07 bits per heavy atom. The Morgan fingerprint density at radius 3 is 2.57 bits per heavy atom. The fraction of sp³-hybridized carbons (Fsp3) is 0.400. The smallest absolute Gasteiger partial charge is 0.0763 e. The van der Waals surface area contributed by atoms with Crippen molar-refractivity contribution in [2.75, 3.05) is 11.9 Å². The quantitative estimate of drug-likeness (QED) is 0.889. The normalized spacial score (nSPS) is 11.5. The van der Waals surface area contributed by atoms with Gasteiger partial charge in [0.05, 0.1) is 5.60 Å². The molecule has 0 bridgehead atoms. The van der Waals surface area contributed by atoms with Crippen molar-refractivity contribution in [1.29, 1.82) is 0 Å². The number of hydrogen-bond acceptors (Lipinski definition) is 2. The Balaban J connectivity index is 2.68. The molecule has 1 rings (SSSR count). The molecule has 78 valence electrons. The number of hydrogen-bond donors (Lipinski definition) is 2. The Morgan fingerprint density at radius 1 is 1.43 bits per heavy atom. The zero-order chi connectivity index (χ0) is 10.8. The molecule has 0 aliphatic heterocycles. The van der Waals surface area contributed by atoms with E-state index in [4.69, 9.17) is 11.6 Å². The van der Waals surface area contributed by atoms with E-state index in [1.165, 1.54) is 0 Å². The van der Waals surface area contributed by atoms with Gasteiger partial charge in [-0.05, 0) is 32.0 Å². The van der Waals surface area contributed by atoms with Gasteiger partial charge < -0.3 is 10.4 Å². The number of rotatable bonds is 3. The first-order valence-electron chi connectivity index (χ1n) is 4.29. The predicted octanol–water partition coefficient (Wildman–Crippen LogP) is 3.29. The van der Waals surface area contributed by atoms with E-state index >= 15 is 0 Å². The molecule has 0 saturated heterocycles. The van der Waals surface area contributed by atoms with E-state index in [2.05, 4.69) is 21.2 Å². The lowest BCUT2D eigenvalue weighted by Crippen LogP contribution is -2.29. The molecule has 0 aliphatic rings. The van der Waals surface area contributed by atoms with Crippen LogP contribution in [0.5, 0.6) is 0 Å². The van der Waals surface area contributed by atoms with Gasteiger partial charge in [0.15, 0.2) is 0 Å². The van der Waals surface area contributed by atoms with Crippen LogP contribution in [0, 0.1) is 0 Å². The minimum atomic E-state index is -0.727. The summed E-state index contributed by atoms with van der Waals surface area (Å²) in [7, 11) is 0. The molecule has 2 nitrogen and oxygen atoms in total. The number of benzene rings is 1. The molecule has 0 atom stereocenters. The molecule has 0 unspecified atom stereocenters. The van der Waals surface area contributed by atoms with Crippen LogP contribution < -0.4 is 5.32 Å². The fourth-order valence-corrected chi connectivity index (χ4v) is 1.83. The third-order valence-corrected chi connectivity index (χ3v) is 2.26. The molecular weight excluding hydrogens is 265 g/mol. The van der Waals surface area contributed by atoms with E-state index in [0.717, 1.165) is 10.2 Å². The summed E-state index contributed by atoms with van der Waals surface area (Å²) in [6, 6.07) is 5.55. The van der Waals surface area contributed by atoms with Gasteiger partial charge in [-0.3, -0.25) is 0 Å². The summed E-state index contributed by atoms with van der Waals surface area (Å²) in [4.78, 5) is 0. The summed E-state index contributed by atoms with van der Waals surface area (Å²) in [5, 5.41) is 13.3. The largest absolute Gasteiger partial charge is 0.389 e. The SMILES string of the molecule is CC(C)(O)CNc1cc(Cl)cc(Br)c1. The molecule has 14 heavy (non-hydrogen) atoms. The van der Waals surface area contributed by atoms with E-state index < -0.39 is 5.60 Å². The highest BCUT2D eigenvalue weighted by Crippen LogP contribution is 2.23. The summed E-state index contributed by atoms with van der Waals surface area (Å²) in [5.74, 6) is 0. The van der Waals surface area contributed by atoms with Crippen LogP contribution in [0.25, 0.3) is 0 Å². The Hall–Kier alpha value is -0.250. The van der Waals surface area contributed by atoms with Crippen LogP contribution in [-0.4, -0.2) is 17.3 Å². The fourth-order valence-electron chi connectivity index (χ4n) is 0.974. The van der Waals surface area contributed by atoms with Gasteiger partial charge in [-0.15, -0.1) is 0 Å². The second kappa shape index (κ2) is 4.51. The standard InChI is InChI=1S/C10H13BrClNO/c1-10(2,14)6-13-9-4-7(11)3-8(12)5-9/h3-5,13-14H,6H2,1-2H3. The van der Waals surface area contributed by atoms with E-state index in [9.17, 15) is 5.11 Å². The van der Waals surface area contributed by atoms with E-state index in [-0.39, 0.29) is 0 Å². The lowest BCUT2D eigenvalue weighted by atomic mass is 10.1. The lowest BCUT2D eigenvalue weighted by molar-refractivity contribution is 0.0945. The molecule has 0 radical (unpaired) electrons. The maximum Gasteiger partial charge on any atom is 0.0763 e.